The van der Waals surface area contributed by atoms with Crippen LogP contribution in [0.1, 0.15) is 28.1 Å². The van der Waals surface area contributed by atoms with Gasteiger partial charge in [0.25, 0.3) is 0 Å². The summed E-state index contributed by atoms with van der Waals surface area (Å²) < 4.78 is 43.8. The second kappa shape index (κ2) is 11.2. The fraction of sp³-hybridized carbons (Fsp3) is 0.421. The van der Waals surface area contributed by atoms with E-state index in [9.17, 15) is 18.0 Å². The van der Waals surface area contributed by atoms with Gasteiger partial charge in [-0.05, 0) is 31.5 Å². The number of nitrogens with one attached hydrogen (secondary N) is 2. The molecule has 1 aromatic carbocycles. The number of likely N-dealkylation sites (N-methyl/N-ethyl adjacent to an activating group) is 1. The molecule has 166 valence electrons. The van der Waals surface area contributed by atoms with E-state index in [0.29, 0.717) is 17.9 Å². The van der Waals surface area contributed by atoms with E-state index < -0.39 is 11.7 Å². The van der Waals surface area contributed by atoms with E-state index in [2.05, 4.69) is 20.8 Å². The molecule has 0 fully saturated rings. The third kappa shape index (κ3) is 7.50. The van der Waals surface area contributed by atoms with Crippen molar-refractivity contribution in [2.75, 3.05) is 20.6 Å². The Morgan fingerprint density at radius 1 is 1.23 bits per heavy atom. The van der Waals surface area contributed by atoms with Crippen LogP contribution < -0.4 is 10.6 Å². The number of carbonyl (C=O) groups is 1. The van der Waals surface area contributed by atoms with Gasteiger partial charge in [-0.25, -0.2) is 4.99 Å². The summed E-state index contributed by atoms with van der Waals surface area (Å²) in [6.07, 6.45) is -4.42. The van der Waals surface area contributed by atoms with Crippen molar-refractivity contribution in [2.45, 2.75) is 33.1 Å². The molecule has 0 spiro atoms. The highest BCUT2D eigenvalue weighted by Crippen LogP contribution is 2.29. The summed E-state index contributed by atoms with van der Waals surface area (Å²) in [4.78, 5) is 17.6. The first-order valence-electron chi connectivity index (χ1n) is 8.88. The largest absolute Gasteiger partial charge is 0.416 e. The molecule has 1 aromatic heterocycles. The number of halogens is 4. The van der Waals surface area contributed by atoms with Gasteiger partial charge >= 0.3 is 6.18 Å². The van der Waals surface area contributed by atoms with Crippen LogP contribution in [0.5, 0.6) is 0 Å². The molecule has 0 saturated carbocycles. The van der Waals surface area contributed by atoms with Gasteiger partial charge in [-0.2, -0.15) is 13.2 Å². The maximum Gasteiger partial charge on any atom is 0.416 e. The monoisotopic (exact) mass is 539 g/mol. The minimum absolute atomic E-state index is 0. The summed E-state index contributed by atoms with van der Waals surface area (Å²) in [6.45, 7) is 3.92. The molecule has 0 radical (unpaired) electrons. The average Bonchev–Trinajstić information content (AvgIpc) is 2.98. The molecule has 2 rings (SSSR count). The molecule has 1 heterocycles. The van der Waals surface area contributed by atoms with Crippen LogP contribution in [0.4, 0.5) is 13.2 Å². The Morgan fingerprint density at radius 2 is 1.93 bits per heavy atom. The SMILES string of the molecule is Cc1noc(C)c1CNC(=NCc1cccc(C(F)(F)F)c1)NCC(=O)N(C)C.I. The molecule has 0 saturated heterocycles. The van der Waals surface area contributed by atoms with E-state index in [1.165, 1.54) is 11.0 Å². The van der Waals surface area contributed by atoms with Crippen molar-refractivity contribution in [3.05, 3.63) is 52.4 Å². The lowest BCUT2D eigenvalue weighted by atomic mass is 10.1. The number of carbonyl (C=O) groups excluding carboxylic acids is 1. The molecule has 0 atom stereocenters. The number of rotatable bonds is 6. The second-order valence-corrected chi connectivity index (χ2v) is 6.66. The highest BCUT2D eigenvalue weighted by Gasteiger charge is 2.30. The number of hydrogen-bond donors (Lipinski definition) is 2. The van der Waals surface area contributed by atoms with Crippen molar-refractivity contribution < 1.29 is 22.5 Å². The lowest BCUT2D eigenvalue weighted by Crippen LogP contribution is -2.42. The van der Waals surface area contributed by atoms with E-state index in [1.807, 2.05) is 0 Å². The van der Waals surface area contributed by atoms with E-state index in [-0.39, 0.29) is 48.9 Å². The Labute approximate surface area is 190 Å². The van der Waals surface area contributed by atoms with Crippen LogP contribution in [0.2, 0.25) is 0 Å². The summed E-state index contributed by atoms with van der Waals surface area (Å²) in [6, 6.07) is 4.97. The van der Waals surface area contributed by atoms with E-state index in [1.54, 1.807) is 34.0 Å². The van der Waals surface area contributed by atoms with Crippen LogP contribution in [0.3, 0.4) is 0 Å². The molecule has 7 nitrogen and oxygen atoms in total. The first kappa shape index (κ1) is 25.7. The maximum atomic E-state index is 12.9. The maximum absolute atomic E-state index is 12.9. The number of alkyl halides is 3. The Bertz CT molecular complexity index is 862. The standard InChI is InChI=1S/C19H24F3N5O2.HI/c1-12-16(13(2)29-26-12)10-24-18(25-11-17(28)27(3)4)23-9-14-6-5-7-15(8-14)19(20,21)22;/h5-8H,9-11H2,1-4H3,(H2,23,24,25);1H. The molecule has 11 heteroatoms. The predicted octanol–water partition coefficient (Wildman–Crippen LogP) is 3.25. The quantitative estimate of drug-likeness (QED) is 0.335. The van der Waals surface area contributed by atoms with Gasteiger partial charge in [-0.15, -0.1) is 24.0 Å². The Balaban J connectivity index is 0.00000450. The van der Waals surface area contributed by atoms with Crippen molar-refractivity contribution in [3.63, 3.8) is 0 Å². The van der Waals surface area contributed by atoms with Gasteiger partial charge in [-0.3, -0.25) is 4.79 Å². The normalized spacial score (nSPS) is 11.6. The van der Waals surface area contributed by atoms with Gasteiger partial charge in [0.1, 0.15) is 5.76 Å². The molecular formula is C19H25F3IN5O2. The number of benzene rings is 1. The summed E-state index contributed by atoms with van der Waals surface area (Å²) in [5.74, 6) is 0.769. The summed E-state index contributed by atoms with van der Waals surface area (Å²) in [5.41, 5.74) is 1.23. The summed E-state index contributed by atoms with van der Waals surface area (Å²) >= 11 is 0. The smallest absolute Gasteiger partial charge is 0.361 e. The van der Waals surface area contributed by atoms with Crippen LogP contribution in [-0.2, 0) is 24.1 Å². The molecule has 0 bridgehead atoms. The number of guanidine groups is 1. The molecule has 0 aliphatic rings. The Morgan fingerprint density at radius 3 is 2.50 bits per heavy atom. The zero-order valence-corrected chi connectivity index (χ0v) is 19.5. The minimum Gasteiger partial charge on any atom is -0.361 e. The highest BCUT2D eigenvalue weighted by molar-refractivity contribution is 14.0. The van der Waals surface area contributed by atoms with Crippen LogP contribution in [0, 0.1) is 13.8 Å². The van der Waals surface area contributed by atoms with Gasteiger partial charge < -0.3 is 20.1 Å². The van der Waals surface area contributed by atoms with Gasteiger partial charge in [0.05, 0.1) is 24.3 Å². The molecule has 2 aromatic rings. The van der Waals surface area contributed by atoms with Crippen molar-refractivity contribution in [2.24, 2.45) is 4.99 Å². The van der Waals surface area contributed by atoms with Crippen LogP contribution in [-0.4, -0.2) is 42.6 Å². The van der Waals surface area contributed by atoms with Gasteiger partial charge in [0.15, 0.2) is 5.96 Å². The highest BCUT2D eigenvalue weighted by atomic mass is 127. The number of nitrogens with zero attached hydrogens (tertiary/aromatic N) is 3. The fourth-order valence-electron chi connectivity index (χ4n) is 2.43. The molecule has 0 aliphatic heterocycles. The summed E-state index contributed by atoms with van der Waals surface area (Å²) in [7, 11) is 3.25. The first-order valence-corrected chi connectivity index (χ1v) is 8.88. The third-order valence-corrected chi connectivity index (χ3v) is 4.19. The number of hydrogen-bond acceptors (Lipinski definition) is 4. The average molecular weight is 539 g/mol. The topological polar surface area (TPSA) is 82.8 Å². The van der Waals surface area contributed by atoms with Gasteiger partial charge in [0.2, 0.25) is 5.91 Å². The fourth-order valence-corrected chi connectivity index (χ4v) is 2.43. The van der Waals surface area contributed by atoms with E-state index in [0.717, 1.165) is 23.4 Å². The number of amides is 1. The number of aliphatic imine (C=N–C) groups is 1. The van der Waals surface area contributed by atoms with E-state index >= 15 is 0 Å². The van der Waals surface area contributed by atoms with Gasteiger partial charge in [-0.1, -0.05) is 17.3 Å². The van der Waals surface area contributed by atoms with Gasteiger partial charge in [0, 0.05) is 26.2 Å². The Kier molecular flexibility index (Phi) is 9.59. The molecule has 0 aliphatic carbocycles. The zero-order valence-electron chi connectivity index (χ0n) is 17.1. The van der Waals surface area contributed by atoms with Crippen LogP contribution in [0.25, 0.3) is 0 Å². The van der Waals surface area contributed by atoms with Crippen molar-refractivity contribution in [1.29, 1.82) is 0 Å². The molecule has 2 N–H and O–H groups in total. The molecule has 1 amide bonds. The number of aryl methyl sites for hydroxylation is 2. The lowest BCUT2D eigenvalue weighted by Gasteiger charge is -2.15. The van der Waals surface area contributed by atoms with Crippen molar-refractivity contribution >= 4 is 35.8 Å². The van der Waals surface area contributed by atoms with Crippen molar-refractivity contribution in [3.8, 4) is 0 Å². The minimum atomic E-state index is -4.42. The Hall–Kier alpha value is -2.31. The lowest BCUT2D eigenvalue weighted by molar-refractivity contribution is -0.137. The molecular weight excluding hydrogens is 514 g/mol. The number of aromatic nitrogens is 1. The van der Waals surface area contributed by atoms with Crippen molar-refractivity contribution in [1.82, 2.24) is 20.7 Å². The zero-order chi connectivity index (χ0) is 21.6. The molecule has 0 unspecified atom stereocenters. The van der Waals surface area contributed by atoms with Crippen LogP contribution in [0.15, 0.2) is 33.8 Å². The predicted molar refractivity (Wildman–Crippen MR) is 118 cm³/mol. The third-order valence-electron chi connectivity index (χ3n) is 4.19. The summed E-state index contributed by atoms with van der Waals surface area (Å²) in [5, 5.41) is 9.83. The second-order valence-electron chi connectivity index (χ2n) is 6.66. The first-order chi connectivity index (χ1) is 13.6. The van der Waals surface area contributed by atoms with E-state index in [4.69, 9.17) is 4.52 Å². The molecule has 30 heavy (non-hydrogen) atoms. The van der Waals surface area contributed by atoms with Crippen LogP contribution >= 0.6 is 24.0 Å².